The van der Waals surface area contributed by atoms with Crippen molar-refractivity contribution in [3.63, 3.8) is 0 Å². The number of hydrogen-bond acceptors (Lipinski definition) is 4. The van der Waals surface area contributed by atoms with Crippen molar-refractivity contribution in [1.82, 2.24) is 0 Å². The number of allylic oxidation sites excluding steroid dienone is 2. The van der Waals surface area contributed by atoms with Gasteiger partial charge in [0.25, 0.3) is 0 Å². The minimum absolute atomic E-state index is 0.109. The maximum Gasteiger partial charge on any atom is 0.185 e. The predicted octanol–water partition coefficient (Wildman–Crippen LogP) is 5.46. The Labute approximate surface area is 161 Å². The maximum atomic E-state index is 12.5. The van der Waals surface area contributed by atoms with Gasteiger partial charge in [0.15, 0.2) is 5.78 Å². The van der Waals surface area contributed by atoms with E-state index in [1.807, 2.05) is 12.1 Å². The lowest BCUT2D eigenvalue weighted by Gasteiger charge is -2.14. The van der Waals surface area contributed by atoms with Gasteiger partial charge in [0.1, 0.15) is 17.2 Å². The lowest BCUT2D eigenvalue weighted by molar-refractivity contribution is 0.104. The Morgan fingerprint density at radius 2 is 1.78 bits per heavy atom. The van der Waals surface area contributed by atoms with Gasteiger partial charge in [-0.25, -0.2) is 0 Å². The van der Waals surface area contributed by atoms with Gasteiger partial charge in [-0.15, -0.1) is 0 Å². The number of rotatable bonds is 9. The van der Waals surface area contributed by atoms with Crippen molar-refractivity contribution in [2.45, 2.75) is 26.7 Å². The van der Waals surface area contributed by atoms with Crippen molar-refractivity contribution in [3.8, 4) is 17.2 Å². The van der Waals surface area contributed by atoms with Crippen LogP contribution in [0.4, 0.5) is 0 Å². The molecule has 4 heteroatoms. The summed E-state index contributed by atoms with van der Waals surface area (Å²) in [5.74, 6) is 2.55. The summed E-state index contributed by atoms with van der Waals surface area (Å²) in [4.78, 5) is 12.5. The molecule has 27 heavy (non-hydrogen) atoms. The van der Waals surface area contributed by atoms with Gasteiger partial charge >= 0.3 is 0 Å². The standard InChI is InChI=1S/C23H26O4/c1-6-7-18-10-15-22(25-4)20(23(18)26-5)13-14-21(24)17-8-11-19(12-9-17)27-16(2)3/h8-15H,2,6-7H2,1,3-5H3. The molecule has 0 aromatic heterocycles. The van der Waals surface area contributed by atoms with Crippen LogP contribution in [0.1, 0.15) is 41.8 Å². The minimum Gasteiger partial charge on any atom is -0.496 e. The molecule has 4 nitrogen and oxygen atoms in total. The highest BCUT2D eigenvalue weighted by molar-refractivity contribution is 6.07. The van der Waals surface area contributed by atoms with Gasteiger partial charge < -0.3 is 14.2 Å². The average Bonchev–Trinajstić information content (AvgIpc) is 2.66. The van der Waals surface area contributed by atoms with E-state index in [1.54, 1.807) is 51.5 Å². The molecule has 0 fully saturated rings. The third kappa shape index (κ3) is 5.23. The lowest BCUT2D eigenvalue weighted by atomic mass is 10.0. The number of hydrogen-bond donors (Lipinski definition) is 0. The second kappa shape index (κ2) is 9.62. The lowest BCUT2D eigenvalue weighted by Crippen LogP contribution is -1.99. The molecule has 0 bridgehead atoms. The molecule has 0 radical (unpaired) electrons. The van der Waals surface area contributed by atoms with Gasteiger partial charge in [0.2, 0.25) is 0 Å². The molecule has 2 aromatic carbocycles. The first kappa shape index (κ1) is 20.3. The van der Waals surface area contributed by atoms with Crippen molar-refractivity contribution >= 4 is 11.9 Å². The predicted molar refractivity (Wildman–Crippen MR) is 109 cm³/mol. The zero-order chi connectivity index (χ0) is 19.8. The van der Waals surface area contributed by atoms with Crippen LogP contribution < -0.4 is 14.2 Å². The van der Waals surface area contributed by atoms with Crippen LogP contribution in [-0.2, 0) is 6.42 Å². The van der Waals surface area contributed by atoms with Crippen LogP contribution in [0.2, 0.25) is 0 Å². The molecule has 2 aromatic rings. The van der Waals surface area contributed by atoms with E-state index in [0.717, 1.165) is 29.7 Å². The van der Waals surface area contributed by atoms with Gasteiger partial charge in [-0.3, -0.25) is 4.79 Å². The van der Waals surface area contributed by atoms with Gasteiger partial charge in [-0.2, -0.15) is 0 Å². The fourth-order valence-corrected chi connectivity index (χ4v) is 2.81. The van der Waals surface area contributed by atoms with Crippen LogP contribution in [-0.4, -0.2) is 20.0 Å². The van der Waals surface area contributed by atoms with Crippen LogP contribution in [0.15, 0.2) is 54.8 Å². The molecular weight excluding hydrogens is 340 g/mol. The van der Waals surface area contributed by atoms with Crippen molar-refractivity contribution in [1.29, 1.82) is 0 Å². The molecule has 0 saturated carbocycles. The Morgan fingerprint density at radius 3 is 2.33 bits per heavy atom. The minimum atomic E-state index is -0.109. The van der Waals surface area contributed by atoms with E-state index in [2.05, 4.69) is 13.5 Å². The van der Waals surface area contributed by atoms with E-state index in [-0.39, 0.29) is 5.78 Å². The van der Waals surface area contributed by atoms with Gasteiger partial charge in [-0.1, -0.05) is 26.0 Å². The first-order valence-electron chi connectivity index (χ1n) is 8.89. The Hall–Kier alpha value is -3.01. The van der Waals surface area contributed by atoms with Crippen molar-refractivity contribution in [3.05, 3.63) is 71.5 Å². The molecule has 0 aliphatic rings. The normalized spacial score (nSPS) is 10.7. The molecule has 0 aliphatic heterocycles. The number of benzene rings is 2. The van der Waals surface area contributed by atoms with Crippen LogP contribution in [0, 0.1) is 0 Å². The summed E-state index contributed by atoms with van der Waals surface area (Å²) in [5.41, 5.74) is 2.43. The summed E-state index contributed by atoms with van der Waals surface area (Å²) in [6, 6.07) is 10.9. The topological polar surface area (TPSA) is 44.8 Å². The SMILES string of the molecule is C=C(C)Oc1ccc(C(=O)C=Cc2c(OC)ccc(CCC)c2OC)cc1. The fraction of sp³-hybridized carbons (Fsp3) is 0.261. The first-order chi connectivity index (χ1) is 13.0. The molecule has 2 rings (SSSR count). The van der Waals surface area contributed by atoms with Crippen molar-refractivity contribution in [2.24, 2.45) is 0 Å². The first-order valence-corrected chi connectivity index (χ1v) is 8.89. The summed E-state index contributed by atoms with van der Waals surface area (Å²) in [6.45, 7) is 7.59. The van der Waals surface area contributed by atoms with Gasteiger partial charge in [-0.05, 0) is 61.4 Å². The molecule has 0 aliphatic carbocycles. The highest BCUT2D eigenvalue weighted by atomic mass is 16.5. The van der Waals surface area contributed by atoms with Crippen molar-refractivity contribution < 1.29 is 19.0 Å². The molecule has 142 valence electrons. The van der Waals surface area contributed by atoms with E-state index >= 15 is 0 Å². The van der Waals surface area contributed by atoms with Crippen LogP contribution in [0.3, 0.4) is 0 Å². The smallest absolute Gasteiger partial charge is 0.185 e. The number of ketones is 1. The summed E-state index contributed by atoms with van der Waals surface area (Å²) in [5, 5.41) is 0. The van der Waals surface area contributed by atoms with Crippen LogP contribution in [0.25, 0.3) is 6.08 Å². The molecule has 0 saturated heterocycles. The summed E-state index contributed by atoms with van der Waals surface area (Å²) in [7, 11) is 3.24. The Morgan fingerprint density at radius 1 is 1.07 bits per heavy atom. The highest BCUT2D eigenvalue weighted by Crippen LogP contribution is 2.34. The number of aryl methyl sites for hydroxylation is 1. The van der Waals surface area contributed by atoms with E-state index in [4.69, 9.17) is 14.2 Å². The summed E-state index contributed by atoms with van der Waals surface area (Å²) < 4.78 is 16.5. The highest BCUT2D eigenvalue weighted by Gasteiger charge is 2.13. The quantitative estimate of drug-likeness (QED) is 0.336. The monoisotopic (exact) mass is 366 g/mol. The molecule has 0 unspecified atom stereocenters. The van der Waals surface area contributed by atoms with E-state index in [0.29, 0.717) is 22.8 Å². The average molecular weight is 366 g/mol. The van der Waals surface area contributed by atoms with Gasteiger partial charge in [0, 0.05) is 5.56 Å². The summed E-state index contributed by atoms with van der Waals surface area (Å²) in [6.07, 6.45) is 5.18. The maximum absolute atomic E-state index is 12.5. The third-order valence-electron chi connectivity index (χ3n) is 4.01. The third-order valence-corrected chi connectivity index (χ3v) is 4.01. The number of carbonyl (C=O) groups is 1. The number of carbonyl (C=O) groups excluding carboxylic acids is 1. The van der Waals surface area contributed by atoms with Crippen molar-refractivity contribution in [2.75, 3.05) is 14.2 Å². The summed E-state index contributed by atoms with van der Waals surface area (Å²) >= 11 is 0. The van der Waals surface area contributed by atoms with Crippen LogP contribution >= 0.6 is 0 Å². The fourth-order valence-electron chi connectivity index (χ4n) is 2.81. The molecule has 0 N–H and O–H groups in total. The molecular formula is C23H26O4. The Kier molecular flexibility index (Phi) is 7.24. The van der Waals surface area contributed by atoms with E-state index in [1.165, 1.54) is 6.08 Å². The van der Waals surface area contributed by atoms with E-state index < -0.39 is 0 Å². The largest absolute Gasteiger partial charge is 0.496 e. The second-order valence-electron chi connectivity index (χ2n) is 6.15. The zero-order valence-corrected chi connectivity index (χ0v) is 16.4. The second-order valence-corrected chi connectivity index (χ2v) is 6.15. The number of ether oxygens (including phenoxy) is 3. The number of methoxy groups -OCH3 is 2. The Bertz CT molecular complexity index is 832. The van der Waals surface area contributed by atoms with Gasteiger partial charge in [0.05, 0.1) is 25.5 Å². The molecule has 0 spiro atoms. The van der Waals surface area contributed by atoms with Crippen LogP contribution in [0.5, 0.6) is 17.2 Å². The molecule has 0 heterocycles. The molecule has 0 amide bonds. The molecule has 0 atom stereocenters. The zero-order valence-electron chi connectivity index (χ0n) is 16.4. The Balaban J connectivity index is 2.29. The van der Waals surface area contributed by atoms with E-state index in [9.17, 15) is 4.79 Å².